The fourth-order valence-corrected chi connectivity index (χ4v) is 2.51. The Hall–Kier alpha value is -3.20. The zero-order chi connectivity index (χ0) is 20.5. The van der Waals surface area contributed by atoms with Crippen molar-refractivity contribution in [2.45, 2.75) is 12.5 Å². The number of ether oxygens (including phenoxy) is 1. The summed E-state index contributed by atoms with van der Waals surface area (Å²) in [4.78, 5) is 47.8. The Labute approximate surface area is 169 Å². The third-order valence-electron chi connectivity index (χ3n) is 3.68. The van der Waals surface area contributed by atoms with Crippen LogP contribution in [0.2, 0.25) is 0 Å². The molecule has 0 aliphatic heterocycles. The molecule has 2 aromatic carbocycles. The lowest BCUT2D eigenvalue weighted by Crippen LogP contribution is -2.54. The molecule has 0 aliphatic rings. The van der Waals surface area contributed by atoms with E-state index >= 15 is 0 Å². The predicted octanol–water partition coefficient (Wildman–Crippen LogP) is 1.11. The molecule has 0 bridgehead atoms. The number of carbonyl (C=O) groups is 4. The van der Waals surface area contributed by atoms with E-state index in [1.54, 1.807) is 48.5 Å². The molecule has 8 nitrogen and oxygen atoms in total. The maximum Gasteiger partial charge on any atom is 0.396 e. The van der Waals surface area contributed by atoms with Gasteiger partial charge in [-0.2, -0.15) is 0 Å². The fraction of sp³-hybridized carbons (Fsp3) is 0.158. The molecule has 146 valence electrons. The average molecular weight is 448 g/mol. The first-order valence-corrected chi connectivity index (χ1v) is 8.98. The van der Waals surface area contributed by atoms with Crippen molar-refractivity contribution in [3.8, 4) is 0 Å². The molecule has 0 fully saturated rings. The standard InChI is InChI=1S/C19H18BrN3O5/c1-28-19(27)18(26)21-15(11-12-5-3-2-4-6-12)17(25)23-22-16(24)13-7-9-14(20)10-8-13/h2-10,15H,11H2,1H3,(H,21,26)(H,22,24)(H,23,25)/t15-/m0/s1. The molecule has 0 radical (unpaired) electrons. The zero-order valence-corrected chi connectivity index (χ0v) is 16.5. The molecule has 2 rings (SSSR count). The molecular weight excluding hydrogens is 430 g/mol. The molecule has 3 amide bonds. The van der Waals surface area contributed by atoms with Crippen LogP contribution in [0.15, 0.2) is 59.1 Å². The SMILES string of the molecule is COC(=O)C(=O)N[C@@H](Cc1ccccc1)C(=O)NNC(=O)c1ccc(Br)cc1. The highest BCUT2D eigenvalue weighted by Crippen LogP contribution is 2.10. The second kappa shape index (κ2) is 10.2. The van der Waals surface area contributed by atoms with Crippen LogP contribution in [0.1, 0.15) is 15.9 Å². The monoisotopic (exact) mass is 447 g/mol. The lowest BCUT2D eigenvalue weighted by molar-refractivity contribution is -0.153. The Balaban J connectivity index is 2.04. The van der Waals surface area contributed by atoms with Gasteiger partial charge in [-0.15, -0.1) is 0 Å². The van der Waals surface area contributed by atoms with Crippen molar-refractivity contribution in [2.75, 3.05) is 7.11 Å². The van der Waals surface area contributed by atoms with Gasteiger partial charge in [0.2, 0.25) is 0 Å². The van der Waals surface area contributed by atoms with Crippen molar-refractivity contribution in [1.82, 2.24) is 16.2 Å². The van der Waals surface area contributed by atoms with Gasteiger partial charge in [-0.3, -0.25) is 25.2 Å². The number of methoxy groups -OCH3 is 1. The molecule has 2 aromatic rings. The van der Waals surface area contributed by atoms with E-state index in [-0.39, 0.29) is 6.42 Å². The molecule has 0 saturated carbocycles. The number of hydrazine groups is 1. The smallest absolute Gasteiger partial charge is 0.396 e. The van der Waals surface area contributed by atoms with Gasteiger partial charge in [0.25, 0.3) is 11.8 Å². The molecule has 3 N–H and O–H groups in total. The number of esters is 1. The topological polar surface area (TPSA) is 114 Å². The first-order chi connectivity index (χ1) is 13.4. The Kier molecular flexibility index (Phi) is 7.70. The van der Waals surface area contributed by atoms with Crippen molar-refractivity contribution >= 4 is 39.6 Å². The van der Waals surface area contributed by atoms with Crippen molar-refractivity contribution in [1.29, 1.82) is 0 Å². The van der Waals surface area contributed by atoms with Gasteiger partial charge in [0.1, 0.15) is 6.04 Å². The number of benzene rings is 2. The van der Waals surface area contributed by atoms with Gasteiger partial charge in [-0.1, -0.05) is 46.3 Å². The summed E-state index contributed by atoms with van der Waals surface area (Å²) in [7, 11) is 1.06. The molecule has 0 unspecified atom stereocenters. The summed E-state index contributed by atoms with van der Waals surface area (Å²) in [5.74, 6) is -3.40. The number of amides is 3. The maximum absolute atomic E-state index is 12.5. The molecule has 0 aromatic heterocycles. The number of halogens is 1. The Morgan fingerprint density at radius 1 is 0.964 bits per heavy atom. The average Bonchev–Trinajstić information content (AvgIpc) is 2.71. The number of rotatable bonds is 5. The van der Waals surface area contributed by atoms with Crippen LogP contribution < -0.4 is 16.2 Å². The summed E-state index contributed by atoms with van der Waals surface area (Å²) in [6.07, 6.45) is 0.115. The summed E-state index contributed by atoms with van der Waals surface area (Å²) >= 11 is 3.27. The minimum Gasteiger partial charge on any atom is -0.462 e. The largest absolute Gasteiger partial charge is 0.462 e. The molecule has 9 heteroatoms. The van der Waals surface area contributed by atoms with Gasteiger partial charge in [0.05, 0.1) is 7.11 Å². The molecule has 0 heterocycles. The maximum atomic E-state index is 12.5. The molecule has 0 aliphatic carbocycles. The normalized spacial score (nSPS) is 11.1. The Bertz CT molecular complexity index is 856. The number of hydrogen-bond acceptors (Lipinski definition) is 5. The second-order valence-corrected chi connectivity index (χ2v) is 6.57. The number of nitrogens with one attached hydrogen (secondary N) is 3. The van der Waals surface area contributed by atoms with Gasteiger partial charge >= 0.3 is 11.9 Å². The number of hydrogen-bond donors (Lipinski definition) is 3. The molecule has 28 heavy (non-hydrogen) atoms. The van der Waals surface area contributed by atoms with Crippen LogP contribution in [-0.4, -0.2) is 36.8 Å². The summed E-state index contributed by atoms with van der Waals surface area (Å²) in [6, 6.07) is 14.3. The van der Waals surface area contributed by atoms with Crippen LogP contribution in [0.4, 0.5) is 0 Å². The van der Waals surface area contributed by atoms with E-state index in [1.807, 2.05) is 6.07 Å². The number of carbonyl (C=O) groups excluding carboxylic acids is 4. The van der Waals surface area contributed by atoms with E-state index < -0.39 is 29.7 Å². The summed E-state index contributed by atoms with van der Waals surface area (Å²) in [5.41, 5.74) is 5.63. The van der Waals surface area contributed by atoms with Crippen molar-refractivity contribution in [3.05, 3.63) is 70.2 Å². The third kappa shape index (κ3) is 6.20. The zero-order valence-electron chi connectivity index (χ0n) is 14.9. The summed E-state index contributed by atoms with van der Waals surface area (Å²) in [5, 5.41) is 2.30. The first kappa shape index (κ1) is 21.1. The van der Waals surface area contributed by atoms with Crippen LogP contribution >= 0.6 is 15.9 Å². The van der Waals surface area contributed by atoms with Crippen LogP contribution in [0, 0.1) is 0 Å². The lowest BCUT2D eigenvalue weighted by Gasteiger charge is -2.18. The van der Waals surface area contributed by atoms with Gasteiger partial charge < -0.3 is 10.1 Å². The Morgan fingerprint density at radius 2 is 1.61 bits per heavy atom. The van der Waals surface area contributed by atoms with Crippen molar-refractivity contribution < 1.29 is 23.9 Å². The van der Waals surface area contributed by atoms with Crippen LogP contribution in [-0.2, 0) is 25.5 Å². The van der Waals surface area contributed by atoms with E-state index in [0.29, 0.717) is 5.56 Å². The highest BCUT2D eigenvalue weighted by atomic mass is 79.9. The molecule has 0 spiro atoms. The van der Waals surface area contributed by atoms with Crippen LogP contribution in [0.5, 0.6) is 0 Å². The van der Waals surface area contributed by atoms with E-state index in [0.717, 1.165) is 17.1 Å². The minimum absolute atomic E-state index is 0.115. The van der Waals surface area contributed by atoms with Crippen molar-refractivity contribution in [3.63, 3.8) is 0 Å². The molecule has 0 saturated heterocycles. The van der Waals surface area contributed by atoms with E-state index in [4.69, 9.17) is 0 Å². The molecular formula is C19H18BrN3O5. The van der Waals surface area contributed by atoms with Crippen LogP contribution in [0.3, 0.4) is 0 Å². The van der Waals surface area contributed by atoms with E-state index in [2.05, 4.69) is 36.8 Å². The van der Waals surface area contributed by atoms with Gasteiger partial charge in [0, 0.05) is 16.5 Å². The minimum atomic E-state index is -1.12. The summed E-state index contributed by atoms with van der Waals surface area (Å²) in [6.45, 7) is 0. The highest BCUT2D eigenvalue weighted by molar-refractivity contribution is 9.10. The molecule has 1 atom stereocenters. The Morgan fingerprint density at radius 3 is 2.21 bits per heavy atom. The quantitative estimate of drug-likeness (QED) is 0.360. The van der Waals surface area contributed by atoms with E-state index in [1.165, 1.54) is 0 Å². The van der Waals surface area contributed by atoms with Gasteiger partial charge in [-0.05, 0) is 29.8 Å². The highest BCUT2D eigenvalue weighted by Gasteiger charge is 2.25. The second-order valence-electron chi connectivity index (χ2n) is 5.66. The first-order valence-electron chi connectivity index (χ1n) is 8.19. The fourth-order valence-electron chi connectivity index (χ4n) is 2.25. The van der Waals surface area contributed by atoms with E-state index in [9.17, 15) is 19.2 Å². The van der Waals surface area contributed by atoms with Gasteiger partial charge in [-0.25, -0.2) is 4.79 Å². The third-order valence-corrected chi connectivity index (χ3v) is 4.21. The van der Waals surface area contributed by atoms with Crippen LogP contribution in [0.25, 0.3) is 0 Å². The van der Waals surface area contributed by atoms with Crippen molar-refractivity contribution in [2.24, 2.45) is 0 Å². The summed E-state index contributed by atoms with van der Waals surface area (Å²) < 4.78 is 5.16. The lowest BCUT2D eigenvalue weighted by atomic mass is 10.1. The predicted molar refractivity (Wildman–Crippen MR) is 104 cm³/mol. The van der Waals surface area contributed by atoms with Gasteiger partial charge in [0.15, 0.2) is 0 Å².